The van der Waals surface area contributed by atoms with Crippen molar-refractivity contribution in [1.29, 1.82) is 0 Å². The van der Waals surface area contributed by atoms with Crippen molar-refractivity contribution in [2.75, 3.05) is 11.4 Å². The molecular weight excluding hydrogens is 392 g/mol. The van der Waals surface area contributed by atoms with Crippen molar-refractivity contribution in [2.24, 2.45) is 0 Å². The molecule has 0 saturated heterocycles. The second kappa shape index (κ2) is 6.96. The van der Waals surface area contributed by atoms with Crippen LogP contribution in [0.1, 0.15) is 63.9 Å². The maximum absolute atomic E-state index is 13.6. The van der Waals surface area contributed by atoms with Gasteiger partial charge in [0.15, 0.2) is 0 Å². The van der Waals surface area contributed by atoms with E-state index in [1.807, 2.05) is 6.07 Å². The lowest BCUT2D eigenvalue weighted by atomic mass is 9.96. The summed E-state index contributed by atoms with van der Waals surface area (Å²) in [7, 11) is 0. The van der Waals surface area contributed by atoms with Gasteiger partial charge in [-0.25, -0.2) is 0 Å². The van der Waals surface area contributed by atoms with E-state index in [0.29, 0.717) is 0 Å². The van der Waals surface area contributed by atoms with Gasteiger partial charge in [-0.2, -0.15) is 0 Å². The lowest BCUT2D eigenvalue weighted by Crippen LogP contribution is -2.36. The largest absolute Gasteiger partial charge is 0.365 e. The molecule has 1 heterocycles. The number of benzene rings is 3. The fourth-order valence-electron chi connectivity index (χ4n) is 5.42. The molecule has 2 saturated carbocycles. The summed E-state index contributed by atoms with van der Waals surface area (Å²) in [5.41, 5.74) is 8.46. The molecule has 0 atom stereocenters. The molecule has 0 bridgehead atoms. The van der Waals surface area contributed by atoms with Crippen LogP contribution in [0.15, 0.2) is 66.7 Å². The minimum Gasteiger partial charge on any atom is -0.365 e. The monoisotopic (exact) mass is 422 g/mol. The highest BCUT2D eigenvalue weighted by Gasteiger charge is 2.53. The van der Waals surface area contributed by atoms with E-state index in [0.717, 1.165) is 37.2 Å². The van der Waals surface area contributed by atoms with Crippen molar-refractivity contribution < 1.29 is 4.79 Å². The number of anilines is 1. The maximum Gasteiger partial charge on any atom is 0.254 e. The van der Waals surface area contributed by atoms with Gasteiger partial charge < -0.3 is 10.2 Å². The van der Waals surface area contributed by atoms with Crippen LogP contribution in [-0.2, 0) is 17.5 Å². The fourth-order valence-corrected chi connectivity index (χ4v) is 5.42. The minimum absolute atomic E-state index is 0.0616. The number of nitrogens with one attached hydrogen (secondary N) is 1. The average molecular weight is 423 g/mol. The van der Waals surface area contributed by atoms with Crippen LogP contribution in [0.3, 0.4) is 0 Å². The Hall–Kier alpha value is -3.07. The van der Waals surface area contributed by atoms with Crippen molar-refractivity contribution in [3.05, 3.63) is 100 Å². The summed E-state index contributed by atoms with van der Waals surface area (Å²) < 4.78 is 0. The Morgan fingerprint density at radius 1 is 0.875 bits per heavy atom. The quantitative estimate of drug-likeness (QED) is 0.566. The van der Waals surface area contributed by atoms with E-state index in [9.17, 15) is 4.79 Å². The summed E-state index contributed by atoms with van der Waals surface area (Å²) in [4.78, 5) is 16.1. The van der Waals surface area contributed by atoms with Gasteiger partial charge in [0.1, 0.15) is 0 Å². The first-order chi connectivity index (χ1) is 15.5. The van der Waals surface area contributed by atoms with Crippen LogP contribution in [0, 0.1) is 13.8 Å². The van der Waals surface area contributed by atoms with Crippen LogP contribution < -0.4 is 10.2 Å². The number of nitrogens with zero attached hydrogens (tertiary/aromatic N) is 1. The van der Waals surface area contributed by atoms with Gasteiger partial charge in [-0.05, 0) is 62.3 Å². The summed E-state index contributed by atoms with van der Waals surface area (Å²) in [5, 5.41) is 3.42. The van der Waals surface area contributed by atoms with E-state index in [1.165, 1.54) is 40.7 Å². The number of aryl methyl sites for hydroxylation is 2. The van der Waals surface area contributed by atoms with Gasteiger partial charge in [-0.1, -0.05) is 71.8 Å². The third-order valence-electron chi connectivity index (χ3n) is 7.72. The number of amides is 1. The molecule has 1 N–H and O–H groups in total. The SMILES string of the molecule is Cc1ccc(CN2CC3(CC3)c3cccc(C(=O)NC4(c5ccc(C)cc5)CC4)c32)cc1. The van der Waals surface area contributed by atoms with Crippen LogP contribution in [0.5, 0.6) is 0 Å². The Kier molecular flexibility index (Phi) is 4.27. The van der Waals surface area contributed by atoms with Gasteiger partial charge in [-0.15, -0.1) is 0 Å². The zero-order valence-corrected chi connectivity index (χ0v) is 18.9. The fraction of sp³-hybridized carbons (Fsp3) is 0.345. The predicted molar refractivity (Wildman–Crippen MR) is 129 cm³/mol. The van der Waals surface area contributed by atoms with Crippen LogP contribution >= 0.6 is 0 Å². The van der Waals surface area contributed by atoms with Crippen molar-refractivity contribution in [3.63, 3.8) is 0 Å². The zero-order valence-electron chi connectivity index (χ0n) is 18.9. The van der Waals surface area contributed by atoms with E-state index < -0.39 is 0 Å². The second-order valence-electron chi connectivity index (χ2n) is 10.2. The predicted octanol–water partition coefficient (Wildman–Crippen LogP) is 5.77. The number of fused-ring (bicyclic) bond motifs is 2. The molecule has 0 unspecified atom stereocenters. The van der Waals surface area contributed by atoms with Gasteiger partial charge in [-0.3, -0.25) is 4.79 Å². The lowest BCUT2D eigenvalue weighted by molar-refractivity contribution is 0.0931. The first-order valence-corrected chi connectivity index (χ1v) is 11.8. The third kappa shape index (κ3) is 3.23. The van der Waals surface area contributed by atoms with E-state index in [4.69, 9.17) is 0 Å². The average Bonchev–Trinajstić information content (AvgIpc) is 3.71. The van der Waals surface area contributed by atoms with Crippen LogP contribution in [-0.4, -0.2) is 12.5 Å². The summed E-state index contributed by atoms with van der Waals surface area (Å²) in [6, 6.07) is 23.7. The van der Waals surface area contributed by atoms with Gasteiger partial charge in [0.05, 0.1) is 16.8 Å². The van der Waals surface area contributed by atoms with Crippen LogP contribution in [0.2, 0.25) is 0 Å². The van der Waals surface area contributed by atoms with Gasteiger partial charge in [0.25, 0.3) is 5.91 Å². The Morgan fingerprint density at radius 2 is 1.53 bits per heavy atom. The summed E-state index contributed by atoms with van der Waals surface area (Å²) in [5.74, 6) is 0.0616. The van der Waals surface area contributed by atoms with Crippen LogP contribution in [0.25, 0.3) is 0 Å². The summed E-state index contributed by atoms with van der Waals surface area (Å²) >= 11 is 0. The minimum atomic E-state index is -0.203. The molecular formula is C29H30N2O. The topological polar surface area (TPSA) is 32.3 Å². The van der Waals surface area contributed by atoms with Crippen molar-refractivity contribution in [2.45, 2.75) is 57.0 Å². The normalized spacial score (nSPS) is 19.0. The zero-order chi connectivity index (χ0) is 21.9. The van der Waals surface area contributed by atoms with Crippen molar-refractivity contribution in [1.82, 2.24) is 5.32 Å². The first kappa shape index (κ1) is 19.6. The van der Waals surface area contributed by atoms with Crippen LogP contribution in [0.4, 0.5) is 5.69 Å². The second-order valence-corrected chi connectivity index (χ2v) is 10.2. The summed E-state index contributed by atoms with van der Waals surface area (Å²) in [6.45, 7) is 6.09. The van der Waals surface area contributed by atoms with E-state index >= 15 is 0 Å². The molecule has 0 aromatic heterocycles. The molecule has 3 aromatic carbocycles. The number of rotatable bonds is 5. The highest BCUT2D eigenvalue weighted by molar-refractivity contribution is 6.02. The molecule has 2 fully saturated rings. The molecule has 0 radical (unpaired) electrons. The Morgan fingerprint density at radius 3 is 2.16 bits per heavy atom. The molecule has 3 aromatic rings. The first-order valence-electron chi connectivity index (χ1n) is 11.8. The number of hydrogen-bond acceptors (Lipinski definition) is 2. The van der Waals surface area contributed by atoms with Crippen molar-refractivity contribution in [3.8, 4) is 0 Å². The number of carbonyl (C=O) groups is 1. The maximum atomic E-state index is 13.6. The smallest absolute Gasteiger partial charge is 0.254 e. The lowest BCUT2D eigenvalue weighted by Gasteiger charge is -2.24. The number of carbonyl (C=O) groups excluding carboxylic acids is 1. The highest BCUT2D eigenvalue weighted by atomic mass is 16.1. The Balaban J connectivity index is 1.32. The molecule has 162 valence electrons. The Bertz CT molecular complexity index is 1180. The molecule has 1 amide bonds. The third-order valence-corrected chi connectivity index (χ3v) is 7.72. The molecule has 32 heavy (non-hydrogen) atoms. The number of para-hydroxylation sites is 1. The molecule has 3 heteroatoms. The van der Waals surface area contributed by atoms with E-state index in [-0.39, 0.29) is 16.9 Å². The van der Waals surface area contributed by atoms with Gasteiger partial charge in [0.2, 0.25) is 0 Å². The molecule has 3 nitrogen and oxygen atoms in total. The molecule has 1 aliphatic heterocycles. The van der Waals surface area contributed by atoms with E-state index in [2.05, 4.69) is 84.7 Å². The molecule has 3 aliphatic rings. The molecule has 2 aliphatic carbocycles. The van der Waals surface area contributed by atoms with E-state index in [1.54, 1.807) is 0 Å². The summed E-state index contributed by atoms with van der Waals surface area (Å²) in [6.07, 6.45) is 4.47. The number of hydrogen-bond donors (Lipinski definition) is 1. The van der Waals surface area contributed by atoms with Gasteiger partial charge in [0, 0.05) is 18.5 Å². The van der Waals surface area contributed by atoms with Gasteiger partial charge >= 0.3 is 0 Å². The Labute approximate surface area is 190 Å². The molecule has 6 rings (SSSR count). The molecule has 1 spiro atoms. The van der Waals surface area contributed by atoms with Crippen molar-refractivity contribution >= 4 is 11.6 Å². The highest BCUT2D eigenvalue weighted by Crippen LogP contribution is 2.57. The standard InChI is InChI=1S/C29H30N2O/c1-20-6-10-22(11-7-20)18-31-19-28(14-15-28)25-5-3-4-24(26(25)31)27(32)30-29(16-17-29)23-12-8-21(2)9-13-23/h3-13H,14-19H2,1-2H3,(H,30,32).